The molecule has 0 aliphatic carbocycles. The number of carbonyl (C=O) groups excluding carboxylic acids is 1. The second kappa shape index (κ2) is 7.89. The number of carbonyl (C=O) groups is 1. The fourth-order valence-corrected chi connectivity index (χ4v) is 3.44. The lowest BCUT2D eigenvalue weighted by Crippen LogP contribution is -2.35. The van der Waals surface area contributed by atoms with Crippen LogP contribution in [0.2, 0.25) is 5.02 Å². The van der Waals surface area contributed by atoms with Gasteiger partial charge in [0.05, 0.1) is 5.69 Å². The number of halogens is 2. The molecule has 0 N–H and O–H groups in total. The van der Waals surface area contributed by atoms with Gasteiger partial charge < -0.3 is 4.74 Å². The molecule has 1 fully saturated rings. The number of thioether (sulfide) groups is 1. The molecule has 1 aliphatic rings. The first-order valence-corrected chi connectivity index (χ1v) is 9.06. The Bertz CT molecular complexity index is 811. The standard InChI is InChI=1S/C18H16ClFN2O2S/c1-12-15(19)3-2-4-16(12)21-18-22(9-10-25-18)17(23)11-24-14-7-5-13(20)6-8-14/h2-8H,9-11H2,1H3. The first-order chi connectivity index (χ1) is 12.0. The molecule has 0 radical (unpaired) electrons. The van der Waals surface area contributed by atoms with Crippen molar-refractivity contribution in [1.82, 2.24) is 4.90 Å². The number of hydrogen-bond donors (Lipinski definition) is 0. The SMILES string of the molecule is Cc1c(Cl)cccc1N=C1SCCN1C(=O)COc1ccc(F)cc1. The summed E-state index contributed by atoms with van der Waals surface area (Å²) >= 11 is 7.64. The van der Waals surface area contributed by atoms with Crippen molar-refractivity contribution in [2.45, 2.75) is 6.92 Å². The van der Waals surface area contributed by atoms with Gasteiger partial charge in [-0.15, -0.1) is 0 Å². The average molecular weight is 379 g/mol. The van der Waals surface area contributed by atoms with Crippen LogP contribution in [0.5, 0.6) is 5.75 Å². The predicted molar refractivity (Wildman–Crippen MR) is 99.4 cm³/mol. The van der Waals surface area contributed by atoms with Gasteiger partial charge in [-0.25, -0.2) is 9.38 Å². The molecule has 2 aromatic carbocycles. The van der Waals surface area contributed by atoms with Crippen LogP contribution in [0.15, 0.2) is 47.5 Å². The highest BCUT2D eigenvalue weighted by Crippen LogP contribution is 2.29. The Morgan fingerprint density at radius 2 is 2.08 bits per heavy atom. The van der Waals surface area contributed by atoms with Gasteiger partial charge in [-0.3, -0.25) is 9.69 Å². The predicted octanol–water partition coefficient (Wildman–Crippen LogP) is 4.43. The van der Waals surface area contributed by atoms with Crippen LogP contribution in [0.4, 0.5) is 10.1 Å². The van der Waals surface area contributed by atoms with Gasteiger partial charge in [0.2, 0.25) is 0 Å². The molecule has 1 aliphatic heterocycles. The van der Waals surface area contributed by atoms with Gasteiger partial charge in [-0.1, -0.05) is 29.4 Å². The lowest BCUT2D eigenvalue weighted by atomic mass is 10.2. The summed E-state index contributed by atoms with van der Waals surface area (Å²) < 4.78 is 18.3. The maximum Gasteiger partial charge on any atom is 0.266 e. The smallest absolute Gasteiger partial charge is 0.266 e. The van der Waals surface area contributed by atoms with Crippen molar-refractivity contribution in [3.05, 3.63) is 58.9 Å². The number of amides is 1. The highest BCUT2D eigenvalue weighted by molar-refractivity contribution is 8.14. The number of rotatable bonds is 4. The number of ether oxygens (including phenoxy) is 1. The highest BCUT2D eigenvalue weighted by Gasteiger charge is 2.26. The molecule has 4 nitrogen and oxygen atoms in total. The van der Waals surface area contributed by atoms with Crippen molar-refractivity contribution in [2.75, 3.05) is 18.9 Å². The summed E-state index contributed by atoms with van der Waals surface area (Å²) in [4.78, 5) is 18.6. The topological polar surface area (TPSA) is 41.9 Å². The molecule has 0 unspecified atom stereocenters. The maximum absolute atomic E-state index is 12.9. The number of amidine groups is 1. The Hall–Kier alpha value is -2.05. The molecule has 3 rings (SSSR count). The molecule has 0 aromatic heterocycles. The van der Waals surface area contributed by atoms with Crippen LogP contribution in [-0.4, -0.2) is 34.9 Å². The zero-order valence-corrected chi connectivity index (χ0v) is 15.1. The van der Waals surface area contributed by atoms with E-state index in [1.54, 1.807) is 4.90 Å². The summed E-state index contributed by atoms with van der Waals surface area (Å²) in [7, 11) is 0. The van der Waals surface area contributed by atoms with Crippen molar-refractivity contribution in [3.63, 3.8) is 0 Å². The van der Waals surface area contributed by atoms with E-state index in [2.05, 4.69) is 4.99 Å². The Labute approximate surface area is 154 Å². The molecule has 0 bridgehead atoms. The first kappa shape index (κ1) is 17.8. The van der Waals surface area contributed by atoms with Crippen LogP contribution >= 0.6 is 23.4 Å². The molecule has 0 atom stereocenters. The van der Waals surface area contributed by atoms with Gasteiger partial charge in [0.25, 0.3) is 5.91 Å². The third kappa shape index (κ3) is 4.32. The van der Waals surface area contributed by atoms with Crippen molar-refractivity contribution in [1.29, 1.82) is 0 Å². The van der Waals surface area contributed by atoms with Crippen molar-refractivity contribution < 1.29 is 13.9 Å². The maximum atomic E-state index is 12.9. The molecule has 2 aromatic rings. The molecule has 0 saturated carbocycles. The van der Waals surface area contributed by atoms with E-state index in [0.29, 0.717) is 22.5 Å². The van der Waals surface area contributed by atoms with E-state index >= 15 is 0 Å². The Balaban J connectivity index is 1.70. The van der Waals surface area contributed by atoms with Crippen LogP contribution in [0.1, 0.15) is 5.56 Å². The molecular weight excluding hydrogens is 363 g/mol. The molecule has 0 spiro atoms. The zero-order valence-electron chi connectivity index (χ0n) is 13.5. The Morgan fingerprint density at radius 3 is 2.84 bits per heavy atom. The summed E-state index contributed by atoms with van der Waals surface area (Å²) in [6.45, 7) is 2.35. The van der Waals surface area contributed by atoms with E-state index in [9.17, 15) is 9.18 Å². The highest BCUT2D eigenvalue weighted by atomic mass is 35.5. The van der Waals surface area contributed by atoms with Gasteiger partial charge in [0.1, 0.15) is 11.6 Å². The number of aliphatic imine (C=N–C) groups is 1. The summed E-state index contributed by atoms with van der Waals surface area (Å²) in [6.07, 6.45) is 0. The lowest BCUT2D eigenvalue weighted by Gasteiger charge is -2.16. The minimum Gasteiger partial charge on any atom is -0.484 e. The van der Waals surface area contributed by atoms with Crippen LogP contribution in [-0.2, 0) is 4.79 Å². The molecule has 1 heterocycles. The van der Waals surface area contributed by atoms with Crippen LogP contribution < -0.4 is 4.74 Å². The van der Waals surface area contributed by atoms with Gasteiger partial charge in [-0.2, -0.15) is 0 Å². The summed E-state index contributed by atoms with van der Waals surface area (Å²) in [5.41, 5.74) is 1.62. The Kier molecular flexibility index (Phi) is 5.60. The van der Waals surface area contributed by atoms with Crippen LogP contribution in [0.25, 0.3) is 0 Å². The van der Waals surface area contributed by atoms with Crippen molar-refractivity contribution in [3.8, 4) is 5.75 Å². The minimum atomic E-state index is -0.346. The molecule has 130 valence electrons. The zero-order chi connectivity index (χ0) is 17.8. The van der Waals surface area contributed by atoms with E-state index in [1.807, 2.05) is 25.1 Å². The summed E-state index contributed by atoms with van der Waals surface area (Å²) in [6, 6.07) is 11.1. The number of hydrogen-bond acceptors (Lipinski definition) is 4. The fourth-order valence-electron chi connectivity index (χ4n) is 2.30. The quantitative estimate of drug-likeness (QED) is 0.790. The first-order valence-electron chi connectivity index (χ1n) is 7.70. The van der Waals surface area contributed by atoms with Gasteiger partial charge in [0.15, 0.2) is 11.8 Å². The van der Waals surface area contributed by atoms with Crippen molar-refractivity contribution in [2.24, 2.45) is 4.99 Å². The largest absolute Gasteiger partial charge is 0.484 e. The molecule has 25 heavy (non-hydrogen) atoms. The van der Waals surface area contributed by atoms with Gasteiger partial charge >= 0.3 is 0 Å². The lowest BCUT2D eigenvalue weighted by molar-refractivity contribution is -0.129. The normalized spacial score (nSPS) is 15.6. The molecular formula is C18H16ClFN2O2S. The molecule has 7 heteroatoms. The number of nitrogens with zero attached hydrogens (tertiary/aromatic N) is 2. The Morgan fingerprint density at radius 1 is 1.32 bits per heavy atom. The van der Waals surface area contributed by atoms with Gasteiger partial charge in [-0.05, 0) is 48.9 Å². The van der Waals surface area contributed by atoms with Crippen molar-refractivity contribution >= 4 is 40.1 Å². The summed E-state index contributed by atoms with van der Waals surface area (Å²) in [5.74, 6) is 0.695. The van der Waals surface area contributed by atoms with Crippen LogP contribution in [0, 0.1) is 12.7 Å². The second-order valence-electron chi connectivity index (χ2n) is 5.41. The molecule has 1 amide bonds. The van der Waals surface area contributed by atoms with E-state index in [-0.39, 0.29) is 18.3 Å². The van der Waals surface area contributed by atoms with E-state index < -0.39 is 0 Å². The second-order valence-corrected chi connectivity index (χ2v) is 6.88. The van der Waals surface area contributed by atoms with E-state index in [0.717, 1.165) is 17.0 Å². The van der Waals surface area contributed by atoms with E-state index in [4.69, 9.17) is 16.3 Å². The molecule has 1 saturated heterocycles. The minimum absolute atomic E-state index is 0.125. The average Bonchev–Trinajstić information content (AvgIpc) is 3.06. The van der Waals surface area contributed by atoms with Crippen LogP contribution in [0.3, 0.4) is 0 Å². The summed E-state index contributed by atoms with van der Waals surface area (Å²) in [5, 5.41) is 1.28. The van der Waals surface area contributed by atoms with Gasteiger partial charge in [0, 0.05) is 17.3 Å². The van der Waals surface area contributed by atoms with E-state index in [1.165, 1.54) is 36.0 Å². The number of benzene rings is 2. The fraction of sp³-hybridized carbons (Fsp3) is 0.222. The monoisotopic (exact) mass is 378 g/mol. The third-order valence-electron chi connectivity index (χ3n) is 3.71. The third-order valence-corrected chi connectivity index (χ3v) is 5.08.